The van der Waals surface area contributed by atoms with Gasteiger partial charge in [0.15, 0.2) is 18.9 Å². The number of pyridine rings is 1. The Morgan fingerprint density at radius 2 is 1.59 bits per heavy atom. The fourth-order valence-corrected chi connectivity index (χ4v) is 2.56. The van der Waals surface area contributed by atoms with Crippen molar-refractivity contribution in [2.75, 3.05) is 13.3 Å². The van der Waals surface area contributed by atoms with Crippen LogP contribution in [0, 0.1) is 0 Å². The summed E-state index contributed by atoms with van der Waals surface area (Å²) in [7, 11) is -2.13. The first kappa shape index (κ1) is 12.1. The molecule has 2 aromatic rings. The number of benzene rings is 1. The lowest BCUT2D eigenvalue weighted by atomic mass is 10.2. The van der Waals surface area contributed by atoms with Crippen molar-refractivity contribution in [3.8, 4) is 0 Å². The summed E-state index contributed by atoms with van der Waals surface area (Å²) in [6.45, 7) is 4.44. The standard InChI is InChI=1S/C14H17NOP/c1-17(2,16)14-8-10-15(11-9-14)12-13-6-4-3-5-7-13/h3-11H,12H2,1-2H3/q+1. The molecule has 3 heteroatoms. The predicted molar refractivity (Wildman–Crippen MR) is 71.3 cm³/mol. The van der Waals surface area contributed by atoms with Gasteiger partial charge < -0.3 is 4.57 Å². The Morgan fingerprint density at radius 1 is 1.00 bits per heavy atom. The number of hydrogen-bond acceptors (Lipinski definition) is 1. The molecule has 0 unspecified atom stereocenters. The van der Waals surface area contributed by atoms with Crippen LogP contribution in [0.15, 0.2) is 54.9 Å². The van der Waals surface area contributed by atoms with Crippen molar-refractivity contribution in [3.05, 3.63) is 60.4 Å². The molecule has 88 valence electrons. The van der Waals surface area contributed by atoms with Crippen LogP contribution in [0.3, 0.4) is 0 Å². The van der Waals surface area contributed by atoms with Crippen molar-refractivity contribution in [2.24, 2.45) is 0 Å². The number of nitrogens with zero attached hydrogens (tertiary/aromatic N) is 1. The predicted octanol–water partition coefficient (Wildman–Crippen LogP) is 2.27. The monoisotopic (exact) mass is 246 g/mol. The van der Waals surface area contributed by atoms with Gasteiger partial charge in [-0.2, -0.15) is 0 Å². The molecule has 0 saturated heterocycles. The average Bonchev–Trinajstić information content (AvgIpc) is 2.30. The molecule has 0 aliphatic rings. The van der Waals surface area contributed by atoms with Crippen LogP contribution in [0.25, 0.3) is 0 Å². The summed E-state index contributed by atoms with van der Waals surface area (Å²) >= 11 is 0. The summed E-state index contributed by atoms with van der Waals surface area (Å²) < 4.78 is 14.0. The van der Waals surface area contributed by atoms with E-state index >= 15 is 0 Å². The lowest BCUT2D eigenvalue weighted by Crippen LogP contribution is -2.34. The zero-order valence-electron chi connectivity index (χ0n) is 10.2. The van der Waals surface area contributed by atoms with E-state index in [1.807, 2.05) is 42.7 Å². The molecule has 0 aliphatic heterocycles. The minimum absolute atomic E-state index is 0.846. The Kier molecular flexibility index (Phi) is 3.44. The van der Waals surface area contributed by atoms with Gasteiger partial charge in [-0.1, -0.05) is 30.3 Å². The highest BCUT2D eigenvalue weighted by molar-refractivity contribution is 7.70. The van der Waals surface area contributed by atoms with Gasteiger partial charge in [0.25, 0.3) is 0 Å². The highest BCUT2D eigenvalue weighted by Gasteiger charge is 2.12. The SMILES string of the molecule is CP(C)(=O)c1cc[n+](Cc2ccccc2)cc1. The minimum Gasteiger partial charge on any atom is -0.319 e. The van der Waals surface area contributed by atoms with Crippen molar-refractivity contribution in [1.82, 2.24) is 0 Å². The molecule has 0 bridgehead atoms. The topological polar surface area (TPSA) is 20.9 Å². The zero-order valence-corrected chi connectivity index (χ0v) is 11.1. The summed E-state index contributed by atoms with van der Waals surface area (Å²) in [5, 5.41) is 0.932. The van der Waals surface area contributed by atoms with Gasteiger partial charge in [0, 0.05) is 23.0 Å². The Labute approximate surface area is 102 Å². The largest absolute Gasteiger partial charge is 0.319 e. The quantitative estimate of drug-likeness (QED) is 0.601. The second-order valence-corrected chi connectivity index (χ2v) is 7.78. The van der Waals surface area contributed by atoms with E-state index < -0.39 is 7.14 Å². The van der Waals surface area contributed by atoms with Crippen LogP contribution < -0.4 is 9.87 Å². The molecule has 17 heavy (non-hydrogen) atoms. The number of aromatic nitrogens is 1. The maximum absolute atomic E-state index is 11.9. The lowest BCUT2D eigenvalue weighted by molar-refractivity contribution is -0.688. The van der Waals surface area contributed by atoms with Crippen LogP contribution in [0.2, 0.25) is 0 Å². The van der Waals surface area contributed by atoms with E-state index in [1.165, 1.54) is 5.56 Å². The fraction of sp³-hybridized carbons (Fsp3) is 0.214. The van der Waals surface area contributed by atoms with Crippen molar-refractivity contribution in [1.29, 1.82) is 0 Å². The van der Waals surface area contributed by atoms with Gasteiger partial charge in [-0.3, -0.25) is 0 Å². The Morgan fingerprint density at radius 3 is 2.12 bits per heavy atom. The van der Waals surface area contributed by atoms with Crippen LogP contribution in [0.5, 0.6) is 0 Å². The molecule has 1 heterocycles. The van der Waals surface area contributed by atoms with E-state index in [9.17, 15) is 4.57 Å². The van der Waals surface area contributed by atoms with Gasteiger partial charge in [-0.15, -0.1) is 0 Å². The van der Waals surface area contributed by atoms with Gasteiger partial charge >= 0.3 is 0 Å². The molecule has 0 saturated carbocycles. The molecule has 2 nitrogen and oxygen atoms in total. The molecule has 2 rings (SSSR count). The first-order chi connectivity index (χ1) is 8.05. The molecule has 0 fully saturated rings. The highest BCUT2D eigenvalue weighted by atomic mass is 31.2. The van der Waals surface area contributed by atoms with E-state index in [-0.39, 0.29) is 0 Å². The second-order valence-electron chi connectivity index (χ2n) is 4.57. The summed E-state index contributed by atoms with van der Waals surface area (Å²) in [6, 6.07) is 14.2. The van der Waals surface area contributed by atoms with Crippen molar-refractivity contribution in [3.63, 3.8) is 0 Å². The molecule has 0 atom stereocenters. The molecule has 0 amide bonds. The third kappa shape index (κ3) is 3.28. The Balaban J connectivity index is 2.17. The molecular formula is C14H17NOP+. The van der Waals surface area contributed by atoms with Gasteiger partial charge in [-0.25, -0.2) is 4.57 Å². The smallest absolute Gasteiger partial charge is 0.173 e. The first-order valence-corrected chi connectivity index (χ1v) is 8.24. The Hall–Kier alpha value is -1.40. The van der Waals surface area contributed by atoms with E-state index in [4.69, 9.17) is 0 Å². The van der Waals surface area contributed by atoms with E-state index in [0.29, 0.717) is 0 Å². The number of rotatable bonds is 3. The summed E-state index contributed by atoms with van der Waals surface area (Å²) in [5.74, 6) is 0. The van der Waals surface area contributed by atoms with Gasteiger partial charge in [0.1, 0.15) is 7.14 Å². The molecule has 0 aliphatic carbocycles. The fourth-order valence-electron chi connectivity index (χ4n) is 1.71. The molecule has 0 N–H and O–H groups in total. The van der Waals surface area contributed by atoms with Crippen LogP contribution in [0.1, 0.15) is 5.56 Å². The maximum atomic E-state index is 11.9. The highest BCUT2D eigenvalue weighted by Crippen LogP contribution is 2.33. The van der Waals surface area contributed by atoms with Gasteiger partial charge in [0.2, 0.25) is 0 Å². The van der Waals surface area contributed by atoms with Gasteiger partial charge in [0.05, 0.1) is 0 Å². The third-order valence-electron chi connectivity index (χ3n) is 2.70. The van der Waals surface area contributed by atoms with E-state index in [1.54, 1.807) is 13.3 Å². The summed E-state index contributed by atoms with van der Waals surface area (Å²) in [4.78, 5) is 0. The molecule has 0 spiro atoms. The van der Waals surface area contributed by atoms with E-state index in [0.717, 1.165) is 11.8 Å². The normalized spacial score (nSPS) is 11.4. The molecule has 1 aromatic carbocycles. The summed E-state index contributed by atoms with van der Waals surface area (Å²) in [6.07, 6.45) is 3.98. The van der Waals surface area contributed by atoms with Crippen LogP contribution in [-0.4, -0.2) is 13.3 Å². The Bertz CT molecular complexity index is 528. The molecule has 0 radical (unpaired) electrons. The van der Waals surface area contributed by atoms with Crippen molar-refractivity contribution < 1.29 is 9.13 Å². The second kappa shape index (κ2) is 4.85. The number of hydrogen-bond donors (Lipinski definition) is 0. The van der Waals surface area contributed by atoms with E-state index in [2.05, 4.69) is 16.7 Å². The third-order valence-corrected chi connectivity index (χ3v) is 4.25. The van der Waals surface area contributed by atoms with Gasteiger partial charge in [-0.05, 0) is 13.3 Å². The van der Waals surface area contributed by atoms with Crippen molar-refractivity contribution >= 4 is 12.4 Å². The minimum atomic E-state index is -2.13. The maximum Gasteiger partial charge on any atom is 0.173 e. The van der Waals surface area contributed by atoms with Crippen molar-refractivity contribution in [2.45, 2.75) is 6.54 Å². The van der Waals surface area contributed by atoms with Crippen LogP contribution in [0.4, 0.5) is 0 Å². The van der Waals surface area contributed by atoms with Crippen LogP contribution >= 0.6 is 7.14 Å². The summed E-state index contributed by atoms with van der Waals surface area (Å²) in [5.41, 5.74) is 1.27. The molecular weight excluding hydrogens is 229 g/mol. The first-order valence-electron chi connectivity index (χ1n) is 5.64. The lowest BCUT2D eigenvalue weighted by Gasteiger charge is -2.05. The molecule has 1 aromatic heterocycles. The van der Waals surface area contributed by atoms with Crippen LogP contribution in [-0.2, 0) is 11.1 Å². The average molecular weight is 246 g/mol. The zero-order chi connectivity index (χ0) is 12.3.